The summed E-state index contributed by atoms with van der Waals surface area (Å²) in [5.74, 6) is 0. The van der Waals surface area contributed by atoms with Crippen molar-refractivity contribution in [3.8, 4) is 0 Å². The van der Waals surface area contributed by atoms with Gasteiger partial charge in [-0.1, -0.05) is 0 Å². The van der Waals surface area contributed by atoms with Crippen LogP contribution in [0.1, 0.15) is 15.9 Å². The molecule has 3 nitrogen and oxygen atoms in total. The number of likely N-dealkylation sites (N-methyl/N-ethyl adjacent to an activating group) is 1. The highest BCUT2D eigenvalue weighted by Crippen LogP contribution is 2.21. The maximum Gasteiger partial charge on any atom is 0.252 e. The number of benzene rings is 1. The summed E-state index contributed by atoms with van der Waals surface area (Å²) in [5.41, 5.74) is 2.73. The van der Waals surface area contributed by atoms with Gasteiger partial charge in [0.1, 0.15) is 0 Å². The molecule has 1 aromatic rings. The Bertz CT molecular complexity index is 425. The van der Waals surface area contributed by atoms with E-state index >= 15 is 0 Å². The fourth-order valence-electron chi connectivity index (χ4n) is 2.13. The molecule has 0 radical (unpaired) electrons. The van der Waals surface area contributed by atoms with E-state index in [1.807, 2.05) is 25.1 Å². The highest BCUT2D eigenvalue weighted by atomic mass is 35.5. The predicted octanol–water partition coefficient (Wildman–Crippen LogP) is 2.13. The Morgan fingerprint density at radius 3 is 2.41 bits per heavy atom. The maximum atomic E-state index is 11.1. The van der Waals surface area contributed by atoms with Crippen LogP contribution >= 0.6 is 11.6 Å². The number of piperazine rings is 1. The number of aryl methyl sites for hydroxylation is 1. The van der Waals surface area contributed by atoms with Crippen LogP contribution in [0.5, 0.6) is 0 Å². The van der Waals surface area contributed by atoms with Gasteiger partial charge in [-0.15, -0.1) is 0 Å². The smallest absolute Gasteiger partial charge is 0.252 e. The van der Waals surface area contributed by atoms with Crippen LogP contribution in [0.3, 0.4) is 0 Å². The summed E-state index contributed by atoms with van der Waals surface area (Å²) in [6.45, 7) is 6.15. The molecule has 0 unspecified atom stereocenters. The molecule has 0 aliphatic carbocycles. The molecular weight excluding hydrogens is 236 g/mol. The van der Waals surface area contributed by atoms with Crippen molar-refractivity contribution in [3.63, 3.8) is 0 Å². The first kappa shape index (κ1) is 12.4. The summed E-state index contributed by atoms with van der Waals surface area (Å²) >= 11 is 5.51. The molecule has 92 valence electrons. The quantitative estimate of drug-likeness (QED) is 0.754. The Hall–Kier alpha value is -1.06. The summed E-state index contributed by atoms with van der Waals surface area (Å²) in [5, 5.41) is -0.382. The van der Waals surface area contributed by atoms with E-state index in [-0.39, 0.29) is 5.24 Å². The second-order valence-electron chi connectivity index (χ2n) is 4.56. The molecule has 1 aliphatic heterocycles. The number of halogens is 1. The normalized spacial score (nSPS) is 17.2. The van der Waals surface area contributed by atoms with Crippen LogP contribution in [0.15, 0.2) is 18.2 Å². The summed E-state index contributed by atoms with van der Waals surface area (Å²) in [6, 6.07) is 5.84. The lowest BCUT2D eigenvalue weighted by Gasteiger charge is -2.34. The van der Waals surface area contributed by atoms with Crippen molar-refractivity contribution in [2.24, 2.45) is 0 Å². The maximum absolute atomic E-state index is 11.1. The molecule has 0 spiro atoms. The first-order valence-corrected chi connectivity index (χ1v) is 6.19. The zero-order chi connectivity index (χ0) is 12.4. The van der Waals surface area contributed by atoms with Gasteiger partial charge in [0.2, 0.25) is 0 Å². The minimum Gasteiger partial charge on any atom is -0.369 e. The number of anilines is 1. The molecule has 0 aromatic heterocycles. The van der Waals surface area contributed by atoms with Crippen LogP contribution in [0, 0.1) is 6.92 Å². The van der Waals surface area contributed by atoms with Crippen molar-refractivity contribution in [2.75, 3.05) is 38.1 Å². The second kappa shape index (κ2) is 5.07. The lowest BCUT2D eigenvalue weighted by atomic mass is 10.1. The molecule has 1 fully saturated rings. The van der Waals surface area contributed by atoms with Crippen molar-refractivity contribution >= 4 is 22.5 Å². The average Bonchev–Trinajstić information content (AvgIpc) is 2.29. The van der Waals surface area contributed by atoms with Gasteiger partial charge < -0.3 is 9.80 Å². The molecule has 17 heavy (non-hydrogen) atoms. The first-order chi connectivity index (χ1) is 8.08. The molecule has 0 saturated carbocycles. The SMILES string of the molecule is Cc1cc(N2CCN(C)CC2)ccc1C(=O)Cl. The lowest BCUT2D eigenvalue weighted by molar-refractivity contribution is 0.108. The average molecular weight is 253 g/mol. The van der Waals surface area contributed by atoms with Gasteiger partial charge in [0, 0.05) is 37.4 Å². The van der Waals surface area contributed by atoms with Gasteiger partial charge in [-0.25, -0.2) is 0 Å². The topological polar surface area (TPSA) is 23.6 Å². The molecule has 1 saturated heterocycles. The number of rotatable bonds is 2. The van der Waals surface area contributed by atoms with E-state index in [0.29, 0.717) is 5.56 Å². The Balaban J connectivity index is 2.17. The zero-order valence-corrected chi connectivity index (χ0v) is 11.0. The largest absolute Gasteiger partial charge is 0.369 e. The van der Waals surface area contributed by atoms with Crippen LogP contribution in [0.25, 0.3) is 0 Å². The van der Waals surface area contributed by atoms with Crippen LogP contribution in [-0.2, 0) is 0 Å². The molecule has 1 heterocycles. The van der Waals surface area contributed by atoms with E-state index < -0.39 is 0 Å². The van der Waals surface area contributed by atoms with Gasteiger partial charge in [-0.2, -0.15) is 0 Å². The highest BCUT2D eigenvalue weighted by Gasteiger charge is 2.15. The van der Waals surface area contributed by atoms with Gasteiger partial charge in [-0.05, 0) is 49.3 Å². The molecule has 1 aromatic carbocycles. The molecule has 0 bridgehead atoms. The van der Waals surface area contributed by atoms with E-state index in [4.69, 9.17) is 11.6 Å². The first-order valence-electron chi connectivity index (χ1n) is 5.82. The number of carbonyl (C=O) groups is 1. The monoisotopic (exact) mass is 252 g/mol. The molecular formula is C13H17ClN2O. The lowest BCUT2D eigenvalue weighted by Crippen LogP contribution is -2.44. The van der Waals surface area contributed by atoms with E-state index in [1.165, 1.54) is 5.69 Å². The van der Waals surface area contributed by atoms with E-state index in [2.05, 4.69) is 16.8 Å². The van der Waals surface area contributed by atoms with Gasteiger partial charge in [0.15, 0.2) is 0 Å². The highest BCUT2D eigenvalue weighted by molar-refractivity contribution is 6.67. The number of carbonyl (C=O) groups excluding carboxylic acids is 1. The summed E-state index contributed by atoms with van der Waals surface area (Å²) < 4.78 is 0. The van der Waals surface area contributed by atoms with Crippen molar-refractivity contribution in [1.82, 2.24) is 4.90 Å². The second-order valence-corrected chi connectivity index (χ2v) is 4.91. The van der Waals surface area contributed by atoms with Crippen LogP contribution < -0.4 is 4.90 Å². The summed E-state index contributed by atoms with van der Waals surface area (Å²) in [6.07, 6.45) is 0. The minimum absolute atomic E-state index is 0.382. The Morgan fingerprint density at radius 2 is 1.88 bits per heavy atom. The van der Waals surface area contributed by atoms with E-state index in [9.17, 15) is 4.79 Å². The Kier molecular flexibility index (Phi) is 3.69. The van der Waals surface area contributed by atoms with Crippen LogP contribution in [-0.4, -0.2) is 43.4 Å². The number of nitrogens with zero attached hydrogens (tertiary/aromatic N) is 2. The van der Waals surface area contributed by atoms with Gasteiger partial charge in [-0.3, -0.25) is 4.79 Å². The van der Waals surface area contributed by atoms with Crippen LogP contribution in [0.4, 0.5) is 5.69 Å². The third-order valence-corrected chi connectivity index (χ3v) is 3.49. The third-order valence-electron chi connectivity index (χ3n) is 3.29. The summed E-state index contributed by atoms with van der Waals surface area (Å²) in [4.78, 5) is 15.8. The van der Waals surface area contributed by atoms with Gasteiger partial charge in [0.05, 0.1) is 0 Å². The molecule has 0 atom stereocenters. The van der Waals surface area contributed by atoms with Crippen molar-refractivity contribution in [1.29, 1.82) is 0 Å². The van der Waals surface area contributed by atoms with E-state index in [0.717, 1.165) is 31.7 Å². The number of hydrogen-bond donors (Lipinski definition) is 0. The predicted molar refractivity (Wildman–Crippen MR) is 71.1 cm³/mol. The third kappa shape index (κ3) is 2.79. The van der Waals surface area contributed by atoms with Crippen molar-refractivity contribution in [3.05, 3.63) is 29.3 Å². The minimum atomic E-state index is -0.382. The molecule has 1 aliphatic rings. The van der Waals surface area contributed by atoms with Crippen LogP contribution in [0.2, 0.25) is 0 Å². The van der Waals surface area contributed by atoms with Gasteiger partial charge in [0.25, 0.3) is 5.24 Å². The summed E-state index contributed by atoms with van der Waals surface area (Å²) in [7, 11) is 2.14. The van der Waals surface area contributed by atoms with Crippen molar-refractivity contribution in [2.45, 2.75) is 6.92 Å². The van der Waals surface area contributed by atoms with Gasteiger partial charge >= 0.3 is 0 Å². The fraction of sp³-hybridized carbons (Fsp3) is 0.462. The molecule has 4 heteroatoms. The zero-order valence-electron chi connectivity index (χ0n) is 10.2. The fourth-order valence-corrected chi connectivity index (χ4v) is 2.34. The van der Waals surface area contributed by atoms with E-state index in [1.54, 1.807) is 0 Å². The standard InChI is InChI=1S/C13H17ClN2O/c1-10-9-11(3-4-12(10)13(14)17)16-7-5-15(2)6-8-16/h3-4,9H,5-8H2,1-2H3. The molecule has 0 N–H and O–H groups in total. The molecule has 0 amide bonds. The Labute approximate surface area is 107 Å². The number of hydrogen-bond acceptors (Lipinski definition) is 3. The van der Waals surface area contributed by atoms with Crippen molar-refractivity contribution < 1.29 is 4.79 Å². The molecule has 2 rings (SSSR count). The Morgan fingerprint density at radius 1 is 1.24 bits per heavy atom.